The maximum atomic E-state index is 5.91. The van der Waals surface area contributed by atoms with Crippen molar-refractivity contribution in [2.24, 2.45) is 16.6 Å². The zero-order valence-electron chi connectivity index (χ0n) is 10.1. The predicted molar refractivity (Wildman–Crippen MR) is 63.2 cm³/mol. The molecule has 1 saturated heterocycles. The van der Waals surface area contributed by atoms with E-state index in [1.165, 1.54) is 0 Å². The van der Waals surface area contributed by atoms with Crippen molar-refractivity contribution in [3.63, 3.8) is 0 Å². The normalized spacial score (nSPS) is 24.8. The van der Waals surface area contributed by atoms with Crippen LogP contribution in [0.25, 0.3) is 0 Å². The van der Waals surface area contributed by atoms with Gasteiger partial charge in [-0.1, -0.05) is 20.8 Å². The van der Waals surface area contributed by atoms with Crippen LogP contribution in [0.5, 0.6) is 0 Å². The van der Waals surface area contributed by atoms with E-state index in [9.17, 15) is 0 Å². The van der Waals surface area contributed by atoms with Crippen LogP contribution in [0.1, 0.15) is 20.8 Å². The molecule has 0 aliphatic carbocycles. The number of hydrogen-bond acceptors (Lipinski definition) is 3. The minimum Gasteiger partial charge on any atom is -0.385 e. The Morgan fingerprint density at radius 3 is 2.93 bits per heavy atom. The number of nitrogens with zero attached hydrogens (tertiary/aromatic N) is 2. The maximum absolute atomic E-state index is 5.91. The van der Waals surface area contributed by atoms with E-state index in [2.05, 4.69) is 30.7 Å². The van der Waals surface area contributed by atoms with Crippen LogP contribution < -0.4 is 5.73 Å². The zero-order valence-corrected chi connectivity index (χ0v) is 10.1. The molecule has 15 heavy (non-hydrogen) atoms. The summed E-state index contributed by atoms with van der Waals surface area (Å²) in [6.45, 7) is 10.9. The number of hydrogen-bond donors (Lipinski definition) is 1. The summed E-state index contributed by atoms with van der Waals surface area (Å²) in [6.07, 6.45) is -0.00236. The summed E-state index contributed by atoms with van der Waals surface area (Å²) in [4.78, 5) is 6.70. The molecular weight excluding hydrogens is 190 g/mol. The quantitative estimate of drug-likeness (QED) is 0.553. The number of ether oxygens (including phenoxy) is 1. The molecule has 0 aromatic carbocycles. The fourth-order valence-corrected chi connectivity index (χ4v) is 1.56. The first-order chi connectivity index (χ1) is 7.13. The molecule has 0 saturated carbocycles. The zero-order chi connectivity index (χ0) is 11.3. The summed E-state index contributed by atoms with van der Waals surface area (Å²) in [5, 5.41) is 0. The highest BCUT2D eigenvalue weighted by atomic mass is 16.5. The lowest BCUT2D eigenvalue weighted by atomic mass is 10.2. The summed E-state index contributed by atoms with van der Waals surface area (Å²) in [5.41, 5.74) is 5.91. The van der Waals surface area contributed by atoms with Crippen molar-refractivity contribution in [3.8, 4) is 0 Å². The molecule has 1 unspecified atom stereocenters. The van der Waals surface area contributed by atoms with Gasteiger partial charge in [-0.3, -0.25) is 9.89 Å². The van der Waals surface area contributed by atoms with E-state index in [-0.39, 0.29) is 6.10 Å². The second-order valence-corrected chi connectivity index (χ2v) is 4.41. The number of nitrogens with two attached hydrogens (primary N) is 1. The Labute approximate surface area is 92.5 Å². The van der Waals surface area contributed by atoms with Crippen molar-refractivity contribution >= 4 is 5.84 Å². The first kappa shape index (κ1) is 12.5. The lowest BCUT2D eigenvalue weighted by molar-refractivity contribution is 0.00809. The van der Waals surface area contributed by atoms with Gasteiger partial charge in [-0.25, -0.2) is 0 Å². The fourth-order valence-electron chi connectivity index (χ4n) is 1.56. The molecule has 1 aliphatic heterocycles. The summed E-state index contributed by atoms with van der Waals surface area (Å²) < 4.78 is 5.61. The van der Waals surface area contributed by atoms with Gasteiger partial charge >= 0.3 is 0 Å². The number of amidine groups is 1. The average Bonchev–Trinajstić information content (AvgIpc) is 2.26. The van der Waals surface area contributed by atoms with Gasteiger partial charge in [0.2, 0.25) is 0 Å². The monoisotopic (exact) mass is 213 g/mol. The Morgan fingerprint density at radius 1 is 1.60 bits per heavy atom. The van der Waals surface area contributed by atoms with Crippen molar-refractivity contribution in [1.82, 2.24) is 4.90 Å². The highest BCUT2D eigenvalue weighted by Crippen LogP contribution is 2.05. The summed E-state index contributed by atoms with van der Waals surface area (Å²) in [5.74, 6) is 1.20. The Morgan fingerprint density at radius 2 is 2.33 bits per heavy atom. The molecular formula is C11H23N3O. The van der Waals surface area contributed by atoms with Crippen molar-refractivity contribution < 1.29 is 4.74 Å². The second-order valence-electron chi connectivity index (χ2n) is 4.41. The average molecular weight is 213 g/mol. The van der Waals surface area contributed by atoms with E-state index >= 15 is 0 Å². The molecule has 4 nitrogen and oxygen atoms in total. The lowest BCUT2D eigenvalue weighted by Gasteiger charge is -2.31. The highest BCUT2D eigenvalue weighted by molar-refractivity contribution is 5.85. The van der Waals surface area contributed by atoms with Gasteiger partial charge in [0.05, 0.1) is 6.61 Å². The number of morpholine rings is 1. The third kappa shape index (κ3) is 4.18. The maximum Gasteiger partial charge on any atom is 0.127 e. The van der Waals surface area contributed by atoms with Gasteiger partial charge in [-0.2, -0.15) is 0 Å². The van der Waals surface area contributed by atoms with E-state index in [4.69, 9.17) is 10.5 Å². The molecule has 1 atom stereocenters. The van der Waals surface area contributed by atoms with Gasteiger partial charge in [0.25, 0.3) is 0 Å². The molecule has 88 valence electrons. The largest absolute Gasteiger partial charge is 0.385 e. The third-order valence-corrected chi connectivity index (χ3v) is 2.57. The predicted octanol–water partition coefficient (Wildman–Crippen LogP) is 0.720. The summed E-state index contributed by atoms with van der Waals surface area (Å²) in [7, 11) is 0. The van der Waals surface area contributed by atoms with E-state index < -0.39 is 0 Å². The Balaban J connectivity index is 2.44. The molecule has 0 aromatic heterocycles. The fraction of sp³-hybridized carbons (Fsp3) is 0.909. The van der Waals surface area contributed by atoms with Crippen molar-refractivity contribution in [2.45, 2.75) is 26.9 Å². The first-order valence-corrected chi connectivity index (χ1v) is 5.77. The van der Waals surface area contributed by atoms with Gasteiger partial charge in [-0.15, -0.1) is 0 Å². The molecule has 2 N–H and O–H groups in total. The summed E-state index contributed by atoms with van der Waals surface area (Å²) >= 11 is 0. The van der Waals surface area contributed by atoms with Crippen LogP contribution in [0.2, 0.25) is 0 Å². The SMILES string of the molecule is CCN1CCOC(C(N)=NCC(C)C)C1. The van der Waals surface area contributed by atoms with Crippen molar-refractivity contribution in [2.75, 3.05) is 32.8 Å². The molecule has 0 bridgehead atoms. The van der Waals surface area contributed by atoms with Crippen LogP contribution in [0.15, 0.2) is 4.99 Å². The molecule has 1 heterocycles. The molecule has 0 radical (unpaired) electrons. The molecule has 4 heteroatoms. The molecule has 1 aliphatic rings. The first-order valence-electron chi connectivity index (χ1n) is 5.77. The smallest absolute Gasteiger partial charge is 0.127 e. The number of aliphatic imine (C=N–C) groups is 1. The van der Waals surface area contributed by atoms with Crippen LogP contribution in [0.3, 0.4) is 0 Å². The van der Waals surface area contributed by atoms with Gasteiger partial charge < -0.3 is 10.5 Å². The standard InChI is InChI=1S/C11H23N3O/c1-4-14-5-6-15-10(8-14)11(12)13-7-9(2)3/h9-10H,4-8H2,1-3H3,(H2,12,13). The van der Waals surface area contributed by atoms with E-state index in [0.717, 1.165) is 32.8 Å². The van der Waals surface area contributed by atoms with Gasteiger partial charge in [0.15, 0.2) is 0 Å². The minimum atomic E-state index is -0.00236. The molecule has 0 aromatic rings. The number of likely N-dealkylation sites (N-methyl/N-ethyl adjacent to an activating group) is 1. The van der Waals surface area contributed by atoms with Crippen molar-refractivity contribution in [1.29, 1.82) is 0 Å². The van der Waals surface area contributed by atoms with Crippen molar-refractivity contribution in [3.05, 3.63) is 0 Å². The third-order valence-electron chi connectivity index (χ3n) is 2.57. The van der Waals surface area contributed by atoms with E-state index in [1.807, 2.05) is 0 Å². The summed E-state index contributed by atoms with van der Waals surface area (Å²) in [6, 6.07) is 0. The Bertz CT molecular complexity index is 216. The van der Waals surface area contributed by atoms with Gasteiger partial charge in [0, 0.05) is 19.6 Å². The van der Waals surface area contributed by atoms with E-state index in [0.29, 0.717) is 11.8 Å². The second kappa shape index (κ2) is 6.08. The van der Waals surface area contributed by atoms with Crippen LogP contribution in [-0.2, 0) is 4.74 Å². The number of rotatable bonds is 4. The van der Waals surface area contributed by atoms with Crippen LogP contribution in [0.4, 0.5) is 0 Å². The minimum absolute atomic E-state index is 0.00236. The van der Waals surface area contributed by atoms with E-state index in [1.54, 1.807) is 0 Å². The van der Waals surface area contributed by atoms with Gasteiger partial charge in [-0.05, 0) is 12.5 Å². The molecule has 0 spiro atoms. The van der Waals surface area contributed by atoms with Crippen LogP contribution in [-0.4, -0.2) is 49.6 Å². The lowest BCUT2D eigenvalue weighted by Crippen LogP contribution is -2.48. The van der Waals surface area contributed by atoms with Crippen LogP contribution in [0, 0.1) is 5.92 Å². The highest BCUT2D eigenvalue weighted by Gasteiger charge is 2.22. The molecule has 0 amide bonds. The Hall–Kier alpha value is -0.610. The van der Waals surface area contributed by atoms with Crippen LogP contribution >= 0.6 is 0 Å². The van der Waals surface area contributed by atoms with Gasteiger partial charge in [0.1, 0.15) is 11.9 Å². The molecule has 1 fully saturated rings. The Kier molecular flexibility index (Phi) is 5.05. The topological polar surface area (TPSA) is 50.9 Å². The molecule has 1 rings (SSSR count).